The molecule has 0 aromatic rings. The molecule has 2 heterocycles. The molecule has 0 aliphatic carbocycles. The summed E-state index contributed by atoms with van der Waals surface area (Å²) >= 11 is 0. The van der Waals surface area contributed by atoms with Crippen molar-refractivity contribution in [3.63, 3.8) is 0 Å². The molecule has 2 aliphatic heterocycles. The van der Waals surface area contributed by atoms with Crippen molar-refractivity contribution in [1.29, 1.82) is 0 Å². The Morgan fingerprint density at radius 1 is 1.33 bits per heavy atom. The van der Waals surface area contributed by atoms with Crippen molar-refractivity contribution in [3.8, 4) is 0 Å². The first-order valence-electron chi connectivity index (χ1n) is 7.16. The third-order valence-corrected chi connectivity index (χ3v) is 3.65. The van der Waals surface area contributed by atoms with Crippen molar-refractivity contribution in [2.24, 2.45) is 0 Å². The fourth-order valence-corrected chi connectivity index (χ4v) is 2.54. The molecule has 2 saturated heterocycles. The Hall–Kier alpha value is -0.650. The monoisotopic (exact) mass is 255 g/mol. The molecule has 1 atom stereocenters. The van der Waals surface area contributed by atoms with Gasteiger partial charge in [-0.15, -0.1) is 0 Å². The number of nitrogens with one attached hydrogen (secondary N) is 2. The smallest absolute Gasteiger partial charge is 0.222 e. The minimum atomic E-state index is 0.136. The first-order valence-corrected chi connectivity index (χ1v) is 7.16. The predicted molar refractivity (Wildman–Crippen MR) is 70.5 cm³/mol. The second-order valence-corrected chi connectivity index (χ2v) is 5.13. The SMILES string of the molecule is O=C(CC1CCCCO1)NCCN1CCNCC1. The number of rotatable bonds is 5. The Labute approximate surface area is 109 Å². The number of hydrogen-bond acceptors (Lipinski definition) is 4. The molecule has 0 saturated carbocycles. The van der Waals surface area contributed by atoms with E-state index in [0.29, 0.717) is 6.42 Å². The summed E-state index contributed by atoms with van der Waals surface area (Å²) in [6.45, 7) is 6.82. The Morgan fingerprint density at radius 3 is 2.89 bits per heavy atom. The average molecular weight is 255 g/mol. The van der Waals surface area contributed by atoms with Gasteiger partial charge in [-0.2, -0.15) is 0 Å². The molecule has 0 aromatic carbocycles. The zero-order valence-electron chi connectivity index (χ0n) is 11.1. The van der Waals surface area contributed by atoms with E-state index in [4.69, 9.17) is 4.74 Å². The van der Waals surface area contributed by atoms with Crippen molar-refractivity contribution in [2.45, 2.75) is 31.8 Å². The van der Waals surface area contributed by atoms with E-state index in [1.807, 2.05) is 0 Å². The van der Waals surface area contributed by atoms with Crippen LogP contribution in [0.2, 0.25) is 0 Å². The third kappa shape index (κ3) is 4.92. The number of carbonyl (C=O) groups excluding carboxylic acids is 1. The summed E-state index contributed by atoms with van der Waals surface area (Å²) in [6, 6.07) is 0. The lowest BCUT2D eigenvalue weighted by Crippen LogP contribution is -2.46. The molecule has 0 aromatic heterocycles. The number of carbonyl (C=O) groups is 1. The van der Waals surface area contributed by atoms with Gasteiger partial charge < -0.3 is 15.4 Å². The van der Waals surface area contributed by atoms with E-state index in [0.717, 1.165) is 58.7 Å². The lowest BCUT2D eigenvalue weighted by molar-refractivity contribution is -0.124. The van der Waals surface area contributed by atoms with E-state index < -0.39 is 0 Å². The van der Waals surface area contributed by atoms with Crippen LogP contribution in [0.3, 0.4) is 0 Å². The molecule has 2 rings (SSSR count). The standard InChI is InChI=1S/C13H25N3O2/c17-13(11-12-3-1-2-10-18-12)15-6-9-16-7-4-14-5-8-16/h12,14H,1-11H2,(H,15,17). The number of nitrogens with zero attached hydrogens (tertiary/aromatic N) is 1. The van der Waals surface area contributed by atoms with E-state index in [1.54, 1.807) is 0 Å². The fraction of sp³-hybridized carbons (Fsp3) is 0.923. The summed E-state index contributed by atoms with van der Waals surface area (Å²) in [5.74, 6) is 0.136. The predicted octanol–water partition coefficient (Wildman–Crippen LogP) is -0.0330. The summed E-state index contributed by atoms with van der Waals surface area (Å²) < 4.78 is 5.57. The Balaban J connectivity index is 1.53. The van der Waals surface area contributed by atoms with Crippen molar-refractivity contribution in [2.75, 3.05) is 45.9 Å². The molecule has 5 nitrogen and oxygen atoms in total. The van der Waals surface area contributed by atoms with Crippen molar-refractivity contribution >= 4 is 5.91 Å². The molecule has 104 valence electrons. The maximum atomic E-state index is 11.7. The number of ether oxygens (including phenoxy) is 1. The molecular formula is C13H25N3O2. The van der Waals surface area contributed by atoms with Gasteiger partial charge in [0.05, 0.1) is 12.5 Å². The molecule has 0 bridgehead atoms. The van der Waals surface area contributed by atoms with Gasteiger partial charge in [-0.25, -0.2) is 0 Å². The maximum absolute atomic E-state index is 11.7. The van der Waals surface area contributed by atoms with Crippen LogP contribution in [0.25, 0.3) is 0 Å². The first-order chi connectivity index (χ1) is 8.84. The normalized spacial score (nSPS) is 25.9. The number of piperazine rings is 1. The largest absolute Gasteiger partial charge is 0.378 e. The highest BCUT2D eigenvalue weighted by molar-refractivity contribution is 5.76. The van der Waals surface area contributed by atoms with Crippen LogP contribution in [-0.2, 0) is 9.53 Å². The molecule has 0 spiro atoms. The zero-order valence-corrected chi connectivity index (χ0v) is 11.1. The van der Waals surface area contributed by atoms with Gasteiger partial charge in [0.2, 0.25) is 5.91 Å². The van der Waals surface area contributed by atoms with Crippen LogP contribution in [0, 0.1) is 0 Å². The van der Waals surface area contributed by atoms with Crippen molar-refractivity contribution in [3.05, 3.63) is 0 Å². The Kier molecular flexibility index (Phi) is 5.90. The second kappa shape index (κ2) is 7.71. The van der Waals surface area contributed by atoms with Crippen LogP contribution in [0.4, 0.5) is 0 Å². The fourth-order valence-electron chi connectivity index (χ4n) is 2.54. The van der Waals surface area contributed by atoms with E-state index in [1.165, 1.54) is 6.42 Å². The highest BCUT2D eigenvalue weighted by atomic mass is 16.5. The van der Waals surface area contributed by atoms with Crippen LogP contribution < -0.4 is 10.6 Å². The molecular weight excluding hydrogens is 230 g/mol. The summed E-state index contributed by atoms with van der Waals surface area (Å²) in [7, 11) is 0. The lowest BCUT2D eigenvalue weighted by atomic mass is 10.1. The summed E-state index contributed by atoms with van der Waals surface area (Å²) in [5, 5.41) is 6.32. The van der Waals surface area contributed by atoms with Crippen LogP contribution in [0.15, 0.2) is 0 Å². The number of hydrogen-bond donors (Lipinski definition) is 2. The second-order valence-electron chi connectivity index (χ2n) is 5.13. The van der Waals surface area contributed by atoms with Crippen molar-refractivity contribution in [1.82, 2.24) is 15.5 Å². The van der Waals surface area contributed by atoms with Gasteiger partial charge in [0.25, 0.3) is 0 Å². The lowest BCUT2D eigenvalue weighted by Gasteiger charge is -2.27. The molecule has 18 heavy (non-hydrogen) atoms. The average Bonchev–Trinajstić information content (AvgIpc) is 2.41. The quantitative estimate of drug-likeness (QED) is 0.724. The third-order valence-electron chi connectivity index (χ3n) is 3.65. The molecule has 1 amide bonds. The summed E-state index contributed by atoms with van der Waals surface area (Å²) in [5.41, 5.74) is 0. The van der Waals surface area contributed by atoms with Gasteiger partial charge in [0.1, 0.15) is 0 Å². The molecule has 5 heteroatoms. The molecule has 2 N–H and O–H groups in total. The van der Waals surface area contributed by atoms with Gasteiger partial charge in [-0.3, -0.25) is 9.69 Å². The molecule has 2 aliphatic rings. The highest BCUT2D eigenvalue weighted by Gasteiger charge is 2.17. The van der Waals surface area contributed by atoms with Gasteiger partial charge in [0.15, 0.2) is 0 Å². The minimum absolute atomic E-state index is 0.136. The summed E-state index contributed by atoms with van der Waals surface area (Å²) in [4.78, 5) is 14.1. The van der Waals surface area contributed by atoms with E-state index in [-0.39, 0.29) is 12.0 Å². The maximum Gasteiger partial charge on any atom is 0.222 e. The van der Waals surface area contributed by atoms with Crippen LogP contribution in [0.1, 0.15) is 25.7 Å². The summed E-state index contributed by atoms with van der Waals surface area (Å²) in [6.07, 6.45) is 4.05. The minimum Gasteiger partial charge on any atom is -0.378 e. The van der Waals surface area contributed by atoms with E-state index in [9.17, 15) is 4.79 Å². The molecule has 0 radical (unpaired) electrons. The van der Waals surface area contributed by atoms with E-state index in [2.05, 4.69) is 15.5 Å². The van der Waals surface area contributed by atoms with Gasteiger partial charge >= 0.3 is 0 Å². The topological polar surface area (TPSA) is 53.6 Å². The van der Waals surface area contributed by atoms with Crippen LogP contribution in [0.5, 0.6) is 0 Å². The first kappa shape index (κ1) is 13.8. The number of amides is 1. The van der Waals surface area contributed by atoms with Crippen LogP contribution in [-0.4, -0.2) is 62.8 Å². The van der Waals surface area contributed by atoms with Gasteiger partial charge in [-0.1, -0.05) is 0 Å². The van der Waals surface area contributed by atoms with Crippen molar-refractivity contribution < 1.29 is 9.53 Å². The Morgan fingerprint density at radius 2 is 2.17 bits per heavy atom. The zero-order chi connectivity index (χ0) is 12.6. The Bertz CT molecular complexity index is 249. The van der Waals surface area contributed by atoms with Gasteiger partial charge in [-0.05, 0) is 19.3 Å². The van der Waals surface area contributed by atoms with E-state index >= 15 is 0 Å². The van der Waals surface area contributed by atoms with Gasteiger partial charge in [0, 0.05) is 45.9 Å². The highest BCUT2D eigenvalue weighted by Crippen LogP contribution is 2.15. The van der Waals surface area contributed by atoms with Crippen LogP contribution >= 0.6 is 0 Å². The molecule has 2 fully saturated rings. The molecule has 1 unspecified atom stereocenters.